The summed E-state index contributed by atoms with van der Waals surface area (Å²) in [6.45, 7) is 0. The zero-order chi connectivity index (χ0) is 29.8. The molecule has 0 spiro atoms. The van der Waals surface area contributed by atoms with Gasteiger partial charge in [-0.1, -0.05) is 0 Å². The fraction of sp³-hybridized carbons (Fsp3) is 0.400. The van der Waals surface area contributed by atoms with Gasteiger partial charge >= 0.3 is 36.4 Å². The zero-order valence-corrected chi connectivity index (χ0v) is 18.2. The number of carbonyl (C=O) groups is 9. The standard InChI is InChI=1S/3C5H3F3O4.Cr/c3*6-5(7,8)3(10)1-2(9)4(11)12;/h3*1H2,(H,11,12);. The predicted molar refractivity (Wildman–Crippen MR) is 85.0 cm³/mol. The maximum absolute atomic E-state index is 11.4. The van der Waals surface area contributed by atoms with E-state index in [9.17, 15) is 82.7 Å². The number of hydrogen-bond acceptors (Lipinski definition) is 9. The Labute approximate surface area is 206 Å². The van der Waals surface area contributed by atoms with E-state index in [2.05, 4.69) is 0 Å². The molecule has 0 atom stereocenters. The van der Waals surface area contributed by atoms with Crippen LogP contribution >= 0.6 is 0 Å². The Hall–Kier alpha value is -3.67. The number of ketones is 6. The van der Waals surface area contributed by atoms with E-state index >= 15 is 0 Å². The van der Waals surface area contributed by atoms with Gasteiger partial charge in [-0.05, 0) is 0 Å². The normalized spacial score (nSPS) is 10.6. The van der Waals surface area contributed by atoms with Gasteiger partial charge in [0.1, 0.15) is 0 Å². The van der Waals surface area contributed by atoms with Gasteiger partial charge in [0.25, 0.3) is 0 Å². The molecule has 0 saturated carbocycles. The van der Waals surface area contributed by atoms with E-state index in [1.54, 1.807) is 0 Å². The monoisotopic (exact) mass is 604 g/mol. The van der Waals surface area contributed by atoms with Gasteiger partial charge < -0.3 is 15.3 Å². The summed E-state index contributed by atoms with van der Waals surface area (Å²) < 4.78 is 102. The molecule has 0 radical (unpaired) electrons. The van der Waals surface area contributed by atoms with E-state index in [4.69, 9.17) is 15.3 Å². The van der Waals surface area contributed by atoms with Crippen LogP contribution in [0.15, 0.2) is 0 Å². The van der Waals surface area contributed by atoms with E-state index in [1.165, 1.54) is 0 Å². The first-order valence-electron chi connectivity index (χ1n) is 7.83. The van der Waals surface area contributed by atoms with Gasteiger partial charge in [0.05, 0.1) is 19.3 Å². The largest absolute Gasteiger partial charge is 0.475 e. The molecule has 0 saturated heterocycles. The van der Waals surface area contributed by atoms with Crippen LogP contribution in [0.5, 0.6) is 0 Å². The van der Waals surface area contributed by atoms with Gasteiger partial charge in [-0.15, -0.1) is 0 Å². The molecular weight excluding hydrogens is 595 g/mol. The van der Waals surface area contributed by atoms with E-state index in [-0.39, 0.29) is 17.4 Å². The molecule has 0 unspecified atom stereocenters. The summed E-state index contributed by atoms with van der Waals surface area (Å²) in [5, 5.41) is 23.5. The van der Waals surface area contributed by atoms with Crippen LogP contribution in [0.3, 0.4) is 0 Å². The second-order valence-electron chi connectivity index (χ2n) is 5.48. The fourth-order valence-corrected chi connectivity index (χ4v) is 0.965. The molecule has 12 nitrogen and oxygen atoms in total. The van der Waals surface area contributed by atoms with Crippen molar-refractivity contribution in [3.05, 3.63) is 0 Å². The molecule has 210 valence electrons. The van der Waals surface area contributed by atoms with Crippen molar-refractivity contribution in [3.8, 4) is 0 Å². The molecule has 37 heavy (non-hydrogen) atoms. The maximum Gasteiger partial charge on any atom is 0.450 e. The van der Waals surface area contributed by atoms with Gasteiger partial charge in [0.2, 0.25) is 34.7 Å². The van der Waals surface area contributed by atoms with Crippen molar-refractivity contribution in [2.75, 3.05) is 0 Å². The first kappa shape index (κ1) is 40.5. The molecule has 0 aromatic heterocycles. The Morgan fingerprint density at radius 3 is 0.622 bits per heavy atom. The van der Waals surface area contributed by atoms with Gasteiger partial charge in [-0.25, -0.2) is 14.4 Å². The Balaban J connectivity index is -0.000000218. The summed E-state index contributed by atoms with van der Waals surface area (Å²) in [6.07, 6.45) is -20.4. The van der Waals surface area contributed by atoms with Gasteiger partial charge in [-0.3, -0.25) is 28.8 Å². The Kier molecular flexibility index (Phi) is 17.7. The topological polar surface area (TPSA) is 214 Å². The van der Waals surface area contributed by atoms with Crippen LogP contribution in [0.4, 0.5) is 39.5 Å². The van der Waals surface area contributed by atoms with Crippen molar-refractivity contribution in [2.24, 2.45) is 0 Å². The molecule has 0 rings (SSSR count). The minimum absolute atomic E-state index is 0. The molecule has 0 aromatic carbocycles. The molecule has 3 N–H and O–H groups in total. The van der Waals surface area contributed by atoms with Crippen LogP contribution in [0.2, 0.25) is 0 Å². The molecular formula is C15H9CrF9O12. The number of carbonyl (C=O) groups excluding carboxylic acids is 6. The summed E-state index contributed by atoms with van der Waals surface area (Å²) in [6, 6.07) is 0. The summed E-state index contributed by atoms with van der Waals surface area (Å²) in [7, 11) is 0. The Morgan fingerprint density at radius 2 is 0.541 bits per heavy atom. The maximum atomic E-state index is 11.4. The summed E-state index contributed by atoms with van der Waals surface area (Å²) >= 11 is 0. The quantitative estimate of drug-likeness (QED) is 0.186. The van der Waals surface area contributed by atoms with Crippen molar-refractivity contribution < 1.29 is 115 Å². The molecule has 0 heterocycles. The molecule has 0 aromatic rings. The Bertz CT molecular complexity index is 814. The molecule has 0 amide bonds. The number of alkyl halides is 9. The Morgan fingerprint density at radius 1 is 0.405 bits per heavy atom. The fourth-order valence-electron chi connectivity index (χ4n) is 0.965. The molecule has 0 aliphatic carbocycles. The van der Waals surface area contributed by atoms with Crippen molar-refractivity contribution in [2.45, 2.75) is 37.8 Å². The van der Waals surface area contributed by atoms with Crippen LogP contribution in [0, 0.1) is 0 Å². The first-order valence-corrected chi connectivity index (χ1v) is 7.83. The van der Waals surface area contributed by atoms with E-state index < -0.39 is 90.4 Å². The number of carboxylic acids is 3. The number of rotatable bonds is 9. The van der Waals surface area contributed by atoms with Crippen LogP contribution in [0.1, 0.15) is 19.3 Å². The third-order valence-electron chi connectivity index (χ3n) is 2.63. The van der Waals surface area contributed by atoms with Crippen molar-refractivity contribution in [1.82, 2.24) is 0 Å². The van der Waals surface area contributed by atoms with E-state index in [1.807, 2.05) is 0 Å². The number of halogens is 9. The number of Topliss-reactive ketones (excluding diaryl/α,β-unsaturated/α-hetero) is 6. The number of hydrogen-bond donors (Lipinski definition) is 3. The average Bonchev–Trinajstić information content (AvgIpc) is 2.66. The molecule has 0 fully saturated rings. The van der Waals surface area contributed by atoms with Gasteiger partial charge in [0, 0.05) is 17.4 Å². The van der Waals surface area contributed by atoms with Crippen LogP contribution in [-0.4, -0.2) is 86.5 Å². The minimum Gasteiger partial charge on any atom is -0.475 e. The summed E-state index contributed by atoms with van der Waals surface area (Å²) in [4.78, 5) is 89.2. The third kappa shape index (κ3) is 20.2. The van der Waals surface area contributed by atoms with Crippen LogP contribution in [-0.2, 0) is 60.5 Å². The summed E-state index contributed by atoms with van der Waals surface area (Å²) in [5.74, 6) is -18.5. The molecule has 0 aliphatic rings. The summed E-state index contributed by atoms with van der Waals surface area (Å²) in [5.41, 5.74) is 0. The number of aliphatic carboxylic acids is 3. The predicted octanol–water partition coefficient (Wildman–Crippen LogP) is 0.482. The first-order chi connectivity index (χ1) is 15.7. The number of carboxylic acid groups (broad SMARTS) is 3. The average molecular weight is 604 g/mol. The van der Waals surface area contributed by atoms with Gasteiger partial charge in [0.15, 0.2) is 0 Å². The van der Waals surface area contributed by atoms with E-state index in [0.717, 1.165) is 0 Å². The van der Waals surface area contributed by atoms with Gasteiger partial charge in [-0.2, -0.15) is 39.5 Å². The third-order valence-corrected chi connectivity index (χ3v) is 2.63. The molecule has 0 aliphatic heterocycles. The van der Waals surface area contributed by atoms with Crippen molar-refractivity contribution in [3.63, 3.8) is 0 Å². The van der Waals surface area contributed by atoms with Crippen LogP contribution < -0.4 is 0 Å². The zero-order valence-electron chi connectivity index (χ0n) is 16.9. The minimum atomic E-state index is -5.15. The second kappa shape index (κ2) is 16.2. The van der Waals surface area contributed by atoms with E-state index in [0.29, 0.717) is 0 Å². The molecule has 0 bridgehead atoms. The second-order valence-corrected chi connectivity index (χ2v) is 5.48. The SMILES string of the molecule is O=C(O)C(=O)CC(=O)C(F)(F)F.O=C(O)C(=O)CC(=O)C(F)(F)F.O=C(O)C(=O)CC(=O)C(F)(F)F.[Cr]. The van der Waals surface area contributed by atoms with Crippen molar-refractivity contribution in [1.29, 1.82) is 0 Å². The smallest absolute Gasteiger partial charge is 0.450 e. The van der Waals surface area contributed by atoms with Crippen molar-refractivity contribution >= 4 is 52.6 Å². The van der Waals surface area contributed by atoms with Crippen LogP contribution in [0.25, 0.3) is 0 Å². The molecule has 22 heteroatoms.